The second-order valence-electron chi connectivity index (χ2n) is 3.37. The molecule has 0 aliphatic heterocycles. The zero-order chi connectivity index (χ0) is 12.4. The Balaban J connectivity index is 4.78. The highest BCUT2D eigenvalue weighted by Crippen LogP contribution is 2.03. The van der Waals surface area contributed by atoms with Crippen LogP contribution in [0.4, 0.5) is 0 Å². The van der Waals surface area contributed by atoms with Gasteiger partial charge in [0, 0.05) is 5.57 Å². The predicted molar refractivity (Wildman–Crippen MR) is 68.0 cm³/mol. The van der Waals surface area contributed by atoms with E-state index in [0.29, 0.717) is 11.3 Å². The van der Waals surface area contributed by atoms with Crippen LogP contribution >= 0.6 is 0 Å². The van der Waals surface area contributed by atoms with Gasteiger partial charge in [0.15, 0.2) is 0 Å². The Morgan fingerprint density at radius 3 is 2.25 bits per heavy atom. The molecule has 0 aromatic carbocycles. The fourth-order valence-corrected chi connectivity index (χ4v) is 0.889. The summed E-state index contributed by atoms with van der Waals surface area (Å²) in [6.45, 7) is 7.53. The highest BCUT2D eigenvalue weighted by molar-refractivity contribution is 5.78. The van der Waals surface area contributed by atoms with Gasteiger partial charge in [0.1, 0.15) is 12.0 Å². The second-order valence-corrected chi connectivity index (χ2v) is 3.37. The van der Waals surface area contributed by atoms with E-state index in [-0.39, 0.29) is 0 Å². The number of rotatable bonds is 6. The number of hydrogen-bond donors (Lipinski definition) is 0. The van der Waals surface area contributed by atoms with E-state index in [0.717, 1.165) is 6.29 Å². The Bertz CT molecular complexity index is 351. The van der Waals surface area contributed by atoms with Crippen molar-refractivity contribution >= 4 is 6.29 Å². The average molecular weight is 218 g/mol. The fraction of sp³-hybridized carbons (Fsp3) is 0.214. The normalized spacial score (nSPS) is 12.4. The molecule has 0 N–H and O–H groups in total. The molecule has 2 nitrogen and oxygen atoms in total. The molecule has 0 fully saturated rings. The molecule has 86 valence electrons. The summed E-state index contributed by atoms with van der Waals surface area (Å²) in [5.41, 5.74) is 1.73. The number of hydrogen-bond acceptors (Lipinski definition) is 2. The van der Waals surface area contributed by atoms with Crippen molar-refractivity contribution in [2.45, 2.75) is 13.8 Å². The Hall–Kier alpha value is -1.83. The number of ether oxygens (including phenoxy) is 1. The smallest absolute Gasteiger partial charge is 0.150 e. The topological polar surface area (TPSA) is 26.3 Å². The highest BCUT2D eigenvalue weighted by atomic mass is 16.5. The quantitative estimate of drug-likeness (QED) is 0.296. The van der Waals surface area contributed by atoms with Gasteiger partial charge in [-0.15, -0.1) is 0 Å². The molecular weight excluding hydrogens is 200 g/mol. The summed E-state index contributed by atoms with van der Waals surface area (Å²) in [7, 11) is 1.59. The SMILES string of the molecule is C=C\C=C(C=O)/C=C/C(=C\C=C(C)C)OC. The van der Waals surface area contributed by atoms with Crippen molar-refractivity contribution in [3.05, 3.63) is 59.9 Å². The Morgan fingerprint density at radius 1 is 1.12 bits per heavy atom. The van der Waals surface area contributed by atoms with Gasteiger partial charge in [-0.05, 0) is 32.1 Å². The maximum absolute atomic E-state index is 10.6. The minimum atomic E-state index is 0.551. The third kappa shape index (κ3) is 6.60. The Labute approximate surface area is 97.3 Å². The van der Waals surface area contributed by atoms with E-state index in [1.54, 1.807) is 31.4 Å². The van der Waals surface area contributed by atoms with Crippen LogP contribution in [0.1, 0.15) is 13.8 Å². The number of methoxy groups -OCH3 is 1. The molecule has 0 unspecified atom stereocenters. The Morgan fingerprint density at radius 2 is 1.81 bits per heavy atom. The van der Waals surface area contributed by atoms with Crippen molar-refractivity contribution in [1.82, 2.24) is 0 Å². The molecule has 0 aromatic heterocycles. The van der Waals surface area contributed by atoms with Gasteiger partial charge in [-0.2, -0.15) is 0 Å². The van der Waals surface area contributed by atoms with Crippen LogP contribution in [-0.4, -0.2) is 13.4 Å². The Kier molecular flexibility index (Phi) is 7.51. The molecule has 16 heavy (non-hydrogen) atoms. The zero-order valence-corrected chi connectivity index (χ0v) is 10.1. The third-order valence-corrected chi connectivity index (χ3v) is 1.70. The van der Waals surface area contributed by atoms with Crippen molar-refractivity contribution in [2.24, 2.45) is 0 Å². The second kappa shape index (κ2) is 8.48. The molecule has 0 spiro atoms. The van der Waals surface area contributed by atoms with Crippen molar-refractivity contribution in [1.29, 1.82) is 0 Å². The van der Waals surface area contributed by atoms with E-state index in [9.17, 15) is 4.79 Å². The molecule has 0 aliphatic rings. The van der Waals surface area contributed by atoms with E-state index >= 15 is 0 Å². The molecule has 0 rings (SSSR count). The van der Waals surface area contributed by atoms with Gasteiger partial charge < -0.3 is 4.74 Å². The standard InChI is InChI=1S/C14H18O2/c1-5-6-13(11-15)8-10-14(16-4)9-7-12(2)3/h5-11H,1H2,2-4H3/b10-8+,13-6+,14-9+. The number of aldehydes is 1. The van der Waals surface area contributed by atoms with Gasteiger partial charge in [0.05, 0.1) is 7.11 Å². The van der Waals surface area contributed by atoms with Crippen LogP contribution in [0.3, 0.4) is 0 Å². The summed E-state index contributed by atoms with van der Waals surface area (Å²) in [4.78, 5) is 10.6. The highest BCUT2D eigenvalue weighted by Gasteiger charge is 1.90. The summed E-state index contributed by atoms with van der Waals surface area (Å²) in [5, 5.41) is 0. The molecule has 2 heteroatoms. The van der Waals surface area contributed by atoms with E-state index in [2.05, 4.69) is 6.58 Å². The predicted octanol–water partition coefficient (Wildman–Crippen LogP) is 3.35. The molecule has 0 radical (unpaired) electrons. The maximum Gasteiger partial charge on any atom is 0.150 e. The summed E-state index contributed by atoms with van der Waals surface area (Å²) >= 11 is 0. The van der Waals surface area contributed by atoms with Crippen molar-refractivity contribution < 1.29 is 9.53 Å². The van der Waals surface area contributed by atoms with Crippen LogP contribution in [0.2, 0.25) is 0 Å². The van der Waals surface area contributed by atoms with Gasteiger partial charge in [0.25, 0.3) is 0 Å². The minimum absolute atomic E-state index is 0.551. The lowest BCUT2D eigenvalue weighted by Gasteiger charge is -1.98. The average Bonchev–Trinajstić information content (AvgIpc) is 2.27. The van der Waals surface area contributed by atoms with E-state index in [1.807, 2.05) is 26.0 Å². The number of carbonyl (C=O) groups is 1. The first kappa shape index (κ1) is 14.2. The van der Waals surface area contributed by atoms with Gasteiger partial charge in [-0.1, -0.05) is 30.4 Å². The van der Waals surface area contributed by atoms with Crippen molar-refractivity contribution in [3.63, 3.8) is 0 Å². The molecule has 0 aromatic rings. The van der Waals surface area contributed by atoms with Gasteiger partial charge in [-0.3, -0.25) is 4.79 Å². The van der Waals surface area contributed by atoms with Crippen LogP contribution in [-0.2, 0) is 9.53 Å². The van der Waals surface area contributed by atoms with E-state index < -0.39 is 0 Å². The third-order valence-electron chi connectivity index (χ3n) is 1.70. The lowest BCUT2D eigenvalue weighted by molar-refractivity contribution is -0.104. The van der Waals surface area contributed by atoms with Gasteiger partial charge in [-0.25, -0.2) is 0 Å². The molecule has 0 bridgehead atoms. The first-order valence-electron chi connectivity index (χ1n) is 4.99. The van der Waals surface area contributed by atoms with Crippen LogP contribution < -0.4 is 0 Å². The van der Waals surface area contributed by atoms with E-state index in [4.69, 9.17) is 4.74 Å². The lowest BCUT2D eigenvalue weighted by atomic mass is 10.2. The van der Waals surface area contributed by atoms with Crippen LogP contribution in [0.15, 0.2) is 59.9 Å². The summed E-state index contributed by atoms with van der Waals surface area (Å²) in [5.74, 6) is 0.693. The fourth-order valence-electron chi connectivity index (χ4n) is 0.889. The molecule has 0 heterocycles. The van der Waals surface area contributed by atoms with Crippen molar-refractivity contribution in [2.75, 3.05) is 7.11 Å². The molecule has 0 saturated heterocycles. The summed E-state index contributed by atoms with van der Waals surface area (Å²) < 4.78 is 5.13. The monoisotopic (exact) mass is 218 g/mol. The first-order chi connectivity index (χ1) is 7.63. The summed E-state index contributed by atoms with van der Waals surface area (Å²) in [6, 6.07) is 0. The van der Waals surface area contributed by atoms with E-state index in [1.165, 1.54) is 5.57 Å². The maximum atomic E-state index is 10.6. The molecular formula is C14H18O2. The van der Waals surface area contributed by atoms with Crippen LogP contribution in [0.5, 0.6) is 0 Å². The van der Waals surface area contributed by atoms with Crippen molar-refractivity contribution in [3.8, 4) is 0 Å². The first-order valence-corrected chi connectivity index (χ1v) is 4.99. The van der Waals surface area contributed by atoms with Crippen LogP contribution in [0.25, 0.3) is 0 Å². The molecule has 0 atom stereocenters. The lowest BCUT2D eigenvalue weighted by Crippen LogP contribution is -1.83. The zero-order valence-electron chi connectivity index (χ0n) is 10.1. The largest absolute Gasteiger partial charge is 0.497 e. The molecule has 0 amide bonds. The number of allylic oxidation sites excluding steroid dienone is 8. The van der Waals surface area contributed by atoms with Gasteiger partial charge in [0.2, 0.25) is 0 Å². The molecule has 0 saturated carbocycles. The van der Waals surface area contributed by atoms with Gasteiger partial charge >= 0.3 is 0 Å². The minimum Gasteiger partial charge on any atom is -0.497 e. The van der Waals surface area contributed by atoms with Crippen LogP contribution in [0, 0.1) is 0 Å². The number of carbonyl (C=O) groups excluding carboxylic acids is 1. The molecule has 0 aliphatic carbocycles. The summed E-state index contributed by atoms with van der Waals surface area (Å²) in [6.07, 6.45) is 11.2.